The van der Waals surface area contributed by atoms with Gasteiger partial charge in [0.15, 0.2) is 0 Å². The number of aromatic amines is 1. The van der Waals surface area contributed by atoms with Crippen LogP contribution in [0.25, 0.3) is 10.9 Å². The summed E-state index contributed by atoms with van der Waals surface area (Å²) in [7, 11) is 0. The van der Waals surface area contributed by atoms with Crippen LogP contribution in [-0.2, 0) is 11.2 Å². The minimum atomic E-state index is 0.161. The predicted octanol–water partition coefficient (Wildman–Crippen LogP) is 2.24. The average Bonchev–Trinajstić information content (AvgIpc) is 2.69. The molecule has 3 rings (SSSR count). The number of nitrogens with zero attached hydrogens (tertiary/aromatic N) is 1. The highest BCUT2D eigenvalue weighted by Crippen LogP contribution is 2.33. The highest BCUT2D eigenvalue weighted by atomic mass is 16.1. The van der Waals surface area contributed by atoms with Gasteiger partial charge in [0.1, 0.15) is 0 Å². The number of rotatable bonds is 1. The van der Waals surface area contributed by atoms with E-state index < -0.39 is 0 Å². The molecule has 1 N–H and O–H groups in total. The summed E-state index contributed by atoms with van der Waals surface area (Å²) in [6, 6.07) is 8.49. The molecule has 0 saturated carbocycles. The first-order valence-electron chi connectivity index (χ1n) is 5.62. The van der Waals surface area contributed by atoms with Crippen molar-refractivity contribution in [1.82, 2.24) is 9.88 Å². The Morgan fingerprint density at radius 2 is 2.25 bits per heavy atom. The summed E-state index contributed by atoms with van der Waals surface area (Å²) >= 11 is 0. The van der Waals surface area contributed by atoms with Crippen molar-refractivity contribution in [2.75, 3.05) is 6.54 Å². The van der Waals surface area contributed by atoms with E-state index in [9.17, 15) is 4.79 Å². The van der Waals surface area contributed by atoms with Crippen LogP contribution < -0.4 is 0 Å². The molecule has 0 fully saturated rings. The maximum Gasteiger partial charge on any atom is 0.210 e. The van der Waals surface area contributed by atoms with E-state index in [0.717, 1.165) is 19.4 Å². The van der Waals surface area contributed by atoms with Crippen LogP contribution in [0.15, 0.2) is 24.3 Å². The van der Waals surface area contributed by atoms with Gasteiger partial charge in [-0.2, -0.15) is 0 Å². The number of amides is 1. The van der Waals surface area contributed by atoms with Crippen molar-refractivity contribution in [3.8, 4) is 0 Å². The highest BCUT2D eigenvalue weighted by Gasteiger charge is 2.25. The normalized spacial score (nSPS) is 19.8. The van der Waals surface area contributed by atoms with Crippen molar-refractivity contribution in [3.05, 3.63) is 35.5 Å². The Morgan fingerprint density at radius 1 is 1.44 bits per heavy atom. The monoisotopic (exact) mass is 214 g/mol. The smallest absolute Gasteiger partial charge is 0.210 e. The molecule has 2 heterocycles. The Morgan fingerprint density at radius 3 is 3.06 bits per heavy atom. The molecule has 1 aliphatic heterocycles. The van der Waals surface area contributed by atoms with E-state index in [1.807, 2.05) is 11.0 Å². The first kappa shape index (κ1) is 9.46. The summed E-state index contributed by atoms with van der Waals surface area (Å²) in [5.74, 6) is 0. The number of hydrogen-bond donors (Lipinski definition) is 1. The van der Waals surface area contributed by atoms with Crippen molar-refractivity contribution in [3.63, 3.8) is 0 Å². The van der Waals surface area contributed by atoms with Crippen LogP contribution in [0.5, 0.6) is 0 Å². The van der Waals surface area contributed by atoms with Gasteiger partial charge in [0.25, 0.3) is 0 Å². The van der Waals surface area contributed by atoms with E-state index in [2.05, 4.69) is 30.1 Å². The summed E-state index contributed by atoms with van der Waals surface area (Å²) in [4.78, 5) is 16.2. The molecule has 1 atom stereocenters. The minimum Gasteiger partial charge on any atom is -0.356 e. The Labute approximate surface area is 94.1 Å². The molecule has 2 aromatic rings. The van der Waals surface area contributed by atoms with Gasteiger partial charge in [-0.25, -0.2) is 0 Å². The van der Waals surface area contributed by atoms with Gasteiger partial charge in [0.2, 0.25) is 6.41 Å². The van der Waals surface area contributed by atoms with Gasteiger partial charge in [0.05, 0.1) is 6.04 Å². The maximum absolute atomic E-state index is 10.9. The first-order chi connectivity index (χ1) is 7.81. The predicted molar refractivity (Wildman–Crippen MR) is 63.2 cm³/mol. The molecule has 1 amide bonds. The Bertz CT molecular complexity index is 544. The fraction of sp³-hybridized carbons (Fsp3) is 0.308. The molecule has 0 aliphatic carbocycles. The first-order valence-corrected chi connectivity index (χ1v) is 5.62. The van der Waals surface area contributed by atoms with Crippen LogP contribution in [0.4, 0.5) is 0 Å². The zero-order chi connectivity index (χ0) is 11.1. The average molecular weight is 214 g/mol. The molecule has 0 spiro atoms. The maximum atomic E-state index is 10.9. The summed E-state index contributed by atoms with van der Waals surface area (Å²) < 4.78 is 0. The lowest BCUT2D eigenvalue weighted by molar-refractivity contribution is -0.120. The minimum absolute atomic E-state index is 0.161. The molecule has 0 radical (unpaired) electrons. The molecule has 1 aromatic carbocycles. The Balaban J connectivity index is 2.21. The second kappa shape index (κ2) is 3.37. The number of para-hydroxylation sites is 1. The molecular weight excluding hydrogens is 200 g/mol. The van der Waals surface area contributed by atoms with E-state index in [1.165, 1.54) is 22.2 Å². The largest absolute Gasteiger partial charge is 0.356 e. The fourth-order valence-corrected chi connectivity index (χ4v) is 2.59. The molecule has 0 bridgehead atoms. The third-order valence-corrected chi connectivity index (χ3v) is 3.52. The third kappa shape index (κ3) is 1.18. The number of aromatic nitrogens is 1. The van der Waals surface area contributed by atoms with Gasteiger partial charge >= 0.3 is 0 Å². The third-order valence-electron chi connectivity index (χ3n) is 3.52. The number of carbonyl (C=O) groups is 1. The molecule has 3 heteroatoms. The molecule has 1 unspecified atom stereocenters. The summed E-state index contributed by atoms with van der Waals surface area (Å²) in [6.45, 7) is 2.89. The Hall–Kier alpha value is -1.77. The molecule has 1 aliphatic rings. The van der Waals surface area contributed by atoms with E-state index in [-0.39, 0.29) is 6.04 Å². The van der Waals surface area contributed by atoms with Gasteiger partial charge < -0.3 is 9.88 Å². The van der Waals surface area contributed by atoms with E-state index in [4.69, 9.17) is 0 Å². The zero-order valence-corrected chi connectivity index (χ0v) is 9.23. The summed E-state index contributed by atoms with van der Waals surface area (Å²) in [5, 5.41) is 1.30. The Kier molecular flexibility index (Phi) is 1.99. The van der Waals surface area contributed by atoms with E-state index >= 15 is 0 Å². The fourth-order valence-electron chi connectivity index (χ4n) is 2.59. The molecule has 0 saturated heterocycles. The number of H-pyrrole nitrogens is 1. The number of fused-ring (bicyclic) bond motifs is 3. The number of carbonyl (C=O) groups excluding carboxylic acids is 1. The zero-order valence-electron chi connectivity index (χ0n) is 9.23. The number of hydrogen-bond acceptors (Lipinski definition) is 1. The van der Waals surface area contributed by atoms with Crippen molar-refractivity contribution >= 4 is 17.3 Å². The quantitative estimate of drug-likeness (QED) is 0.726. The molecular formula is C13H14N2O. The highest BCUT2D eigenvalue weighted by molar-refractivity contribution is 5.85. The SMILES string of the molecule is CC1c2[nH]c3ccccc3c2CCN1C=O. The van der Waals surface area contributed by atoms with Crippen molar-refractivity contribution in [2.24, 2.45) is 0 Å². The standard InChI is InChI=1S/C13H14N2O/c1-9-13-11(6-7-15(9)8-16)10-4-2-3-5-12(10)14-13/h2-5,8-9,14H,6-7H2,1H3. The van der Waals surface area contributed by atoms with Crippen LogP contribution in [0.1, 0.15) is 24.2 Å². The molecule has 1 aromatic heterocycles. The van der Waals surface area contributed by atoms with Crippen molar-refractivity contribution in [1.29, 1.82) is 0 Å². The van der Waals surface area contributed by atoms with E-state index in [0.29, 0.717) is 0 Å². The lowest BCUT2D eigenvalue weighted by Crippen LogP contribution is -2.32. The molecule has 3 nitrogen and oxygen atoms in total. The van der Waals surface area contributed by atoms with Gasteiger partial charge in [-0.05, 0) is 25.0 Å². The van der Waals surface area contributed by atoms with Crippen LogP contribution in [0, 0.1) is 0 Å². The van der Waals surface area contributed by atoms with Crippen LogP contribution >= 0.6 is 0 Å². The second-order valence-corrected chi connectivity index (χ2v) is 4.33. The summed E-state index contributed by atoms with van der Waals surface area (Å²) in [6.07, 6.45) is 1.89. The van der Waals surface area contributed by atoms with Crippen molar-refractivity contribution in [2.45, 2.75) is 19.4 Å². The number of nitrogens with one attached hydrogen (secondary N) is 1. The molecule has 16 heavy (non-hydrogen) atoms. The van der Waals surface area contributed by atoms with Gasteiger partial charge in [-0.1, -0.05) is 18.2 Å². The second-order valence-electron chi connectivity index (χ2n) is 4.33. The van der Waals surface area contributed by atoms with Crippen LogP contribution in [0.2, 0.25) is 0 Å². The molecule has 82 valence electrons. The van der Waals surface area contributed by atoms with Crippen molar-refractivity contribution < 1.29 is 4.79 Å². The number of benzene rings is 1. The van der Waals surface area contributed by atoms with Gasteiger partial charge in [-0.3, -0.25) is 4.79 Å². The topological polar surface area (TPSA) is 36.1 Å². The lowest BCUT2D eigenvalue weighted by atomic mass is 9.99. The summed E-state index contributed by atoms with van der Waals surface area (Å²) in [5.41, 5.74) is 3.74. The lowest BCUT2D eigenvalue weighted by Gasteiger charge is -2.30. The van der Waals surface area contributed by atoms with Crippen LogP contribution in [-0.4, -0.2) is 22.8 Å². The van der Waals surface area contributed by atoms with Crippen LogP contribution in [0.3, 0.4) is 0 Å². The van der Waals surface area contributed by atoms with E-state index in [1.54, 1.807) is 0 Å². The van der Waals surface area contributed by atoms with Gasteiger partial charge in [-0.15, -0.1) is 0 Å². The van der Waals surface area contributed by atoms with Gasteiger partial charge in [0, 0.05) is 23.1 Å².